The largest absolute Gasteiger partial charge is 0.0616 e. The topological polar surface area (TPSA) is 0 Å². The van der Waals surface area contributed by atoms with Gasteiger partial charge in [-0.1, -0.05) is 151 Å². The van der Waals surface area contributed by atoms with E-state index < -0.39 is 0 Å². The molecule has 0 aliphatic rings. The highest BCUT2D eigenvalue weighted by atomic mass is 14.1. The third-order valence-electron chi connectivity index (χ3n) is 6.82. The molecule has 0 atom stereocenters. The Bertz CT molecular complexity index is 875. The molecule has 3 aromatic carbocycles. The second kappa shape index (κ2) is 14.3. The molecule has 0 unspecified atom stereocenters. The second-order valence-electron chi connectivity index (χ2n) is 9.35. The fourth-order valence-corrected chi connectivity index (χ4v) is 4.94. The van der Waals surface area contributed by atoms with Gasteiger partial charge >= 0.3 is 0 Å². The highest BCUT2D eigenvalue weighted by molar-refractivity contribution is 6.08. The van der Waals surface area contributed by atoms with Crippen LogP contribution in [0.4, 0.5) is 0 Å². The average Bonchev–Trinajstić information content (AvgIpc) is 2.81. The Morgan fingerprint density at radius 2 is 0.968 bits per heavy atom. The molecular formula is C31H43. The van der Waals surface area contributed by atoms with Crippen molar-refractivity contribution < 1.29 is 0 Å². The van der Waals surface area contributed by atoms with Crippen molar-refractivity contribution in [3.05, 3.63) is 67.1 Å². The van der Waals surface area contributed by atoms with E-state index in [9.17, 15) is 0 Å². The summed E-state index contributed by atoms with van der Waals surface area (Å²) in [7, 11) is 0. The molecule has 0 saturated carbocycles. The van der Waals surface area contributed by atoms with E-state index in [1.54, 1.807) is 0 Å². The fraction of sp³-hybridized carbons (Fsp3) is 0.516. The number of benzene rings is 3. The van der Waals surface area contributed by atoms with Crippen molar-refractivity contribution in [1.29, 1.82) is 0 Å². The first-order valence-corrected chi connectivity index (χ1v) is 13.1. The first kappa shape index (κ1) is 23.8. The Balaban J connectivity index is 1.25. The van der Waals surface area contributed by atoms with Crippen LogP contribution >= 0.6 is 0 Å². The van der Waals surface area contributed by atoms with Crippen LogP contribution in [0.15, 0.2) is 54.6 Å². The molecule has 0 nitrogen and oxygen atoms in total. The number of hydrogen-bond donors (Lipinski definition) is 0. The molecule has 0 heterocycles. The molecule has 167 valence electrons. The maximum Gasteiger partial charge on any atom is -0.0103 e. The summed E-state index contributed by atoms with van der Waals surface area (Å²) < 4.78 is 0. The number of hydrogen-bond acceptors (Lipinski definition) is 0. The normalized spacial score (nSPS) is 11.5. The van der Waals surface area contributed by atoms with Crippen molar-refractivity contribution in [3.63, 3.8) is 0 Å². The lowest BCUT2D eigenvalue weighted by Gasteiger charge is -2.09. The van der Waals surface area contributed by atoms with E-state index in [4.69, 9.17) is 0 Å². The van der Waals surface area contributed by atoms with Crippen LogP contribution in [-0.4, -0.2) is 0 Å². The van der Waals surface area contributed by atoms with Crippen molar-refractivity contribution in [2.45, 2.75) is 103 Å². The molecule has 0 aliphatic heterocycles. The molecule has 0 fully saturated rings. The molecule has 0 spiro atoms. The minimum atomic E-state index is 1.11. The van der Waals surface area contributed by atoms with E-state index in [-0.39, 0.29) is 0 Å². The zero-order valence-electron chi connectivity index (χ0n) is 19.7. The van der Waals surface area contributed by atoms with Gasteiger partial charge in [-0.3, -0.25) is 0 Å². The van der Waals surface area contributed by atoms with Gasteiger partial charge in [-0.05, 0) is 39.9 Å². The smallest absolute Gasteiger partial charge is 0.0103 e. The number of unbranched alkanes of at least 4 members (excludes halogenated alkanes) is 14. The van der Waals surface area contributed by atoms with Gasteiger partial charge < -0.3 is 0 Å². The first-order valence-electron chi connectivity index (χ1n) is 13.1. The molecule has 1 radical (unpaired) electrons. The van der Waals surface area contributed by atoms with E-state index >= 15 is 0 Å². The minimum absolute atomic E-state index is 1.11. The van der Waals surface area contributed by atoms with E-state index in [2.05, 4.69) is 61.5 Å². The van der Waals surface area contributed by atoms with Gasteiger partial charge in [0.05, 0.1) is 0 Å². The highest BCUT2D eigenvalue weighted by Crippen LogP contribution is 2.28. The maximum absolute atomic E-state index is 3.92. The lowest BCUT2D eigenvalue weighted by atomic mass is 9.95. The summed E-state index contributed by atoms with van der Waals surface area (Å²) in [4.78, 5) is 0. The van der Waals surface area contributed by atoms with Crippen LogP contribution in [0.2, 0.25) is 0 Å². The molecule has 0 heteroatoms. The zero-order chi connectivity index (χ0) is 21.6. The molecule has 0 aliphatic carbocycles. The lowest BCUT2D eigenvalue weighted by molar-refractivity contribution is 0.533. The molecule has 0 saturated heterocycles. The predicted octanol–water partition coefficient (Wildman–Crippen LogP) is 10.2. The van der Waals surface area contributed by atoms with Crippen LogP contribution in [0.25, 0.3) is 21.5 Å². The number of rotatable bonds is 16. The van der Waals surface area contributed by atoms with Gasteiger partial charge in [0.15, 0.2) is 0 Å². The van der Waals surface area contributed by atoms with Gasteiger partial charge in [-0.25, -0.2) is 0 Å². The van der Waals surface area contributed by atoms with Crippen molar-refractivity contribution >= 4 is 21.5 Å². The van der Waals surface area contributed by atoms with E-state index in [0.717, 1.165) is 6.42 Å². The van der Waals surface area contributed by atoms with Crippen molar-refractivity contribution in [1.82, 2.24) is 0 Å². The molecule has 3 rings (SSSR count). The SMILES string of the molecule is [CH2]CCCCCCCCCCCCCCCCc1cccc2c1ccc1ccccc12. The number of fused-ring (bicyclic) bond motifs is 3. The summed E-state index contributed by atoms with van der Waals surface area (Å²) in [6.45, 7) is 3.92. The first-order chi connectivity index (χ1) is 15.4. The lowest BCUT2D eigenvalue weighted by Crippen LogP contribution is -1.89. The Labute approximate surface area is 191 Å². The number of aryl methyl sites for hydroxylation is 1. The highest BCUT2D eigenvalue weighted by Gasteiger charge is 2.04. The summed E-state index contributed by atoms with van der Waals surface area (Å²) in [5.41, 5.74) is 1.52. The van der Waals surface area contributed by atoms with Crippen LogP contribution in [0.1, 0.15) is 102 Å². The monoisotopic (exact) mass is 415 g/mol. The quantitative estimate of drug-likeness (QED) is 0.161. The summed E-state index contributed by atoms with van der Waals surface area (Å²) in [5, 5.41) is 5.59. The summed E-state index contributed by atoms with van der Waals surface area (Å²) in [6.07, 6.45) is 22.1. The van der Waals surface area contributed by atoms with E-state index in [1.807, 2.05) is 0 Å². The van der Waals surface area contributed by atoms with Gasteiger partial charge in [0, 0.05) is 0 Å². The van der Waals surface area contributed by atoms with Crippen LogP contribution < -0.4 is 0 Å². The van der Waals surface area contributed by atoms with Crippen LogP contribution in [-0.2, 0) is 6.42 Å². The predicted molar refractivity (Wildman–Crippen MR) is 140 cm³/mol. The zero-order valence-corrected chi connectivity index (χ0v) is 19.7. The minimum Gasteiger partial charge on any atom is -0.0616 e. The molecule has 0 aromatic heterocycles. The van der Waals surface area contributed by atoms with E-state index in [0.29, 0.717) is 0 Å². The van der Waals surface area contributed by atoms with Gasteiger partial charge in [-0.15, -0.1) is 0 Å². The molecule has 0 bridgehead atoms. The Kier molecular flexibility index (Phi) is 11.0. The summed E-state index contributed by atoms with van der Waals surface area (Å²) in [6, 6.07) is 20.2. The Morgan fingerprint density at radius 1 is 0.419 bits per heavy atom. The molecule has 0 amide bonds. The van der Waals surface area contributed by atoms with Gasteiger partial charge in [0.2, 0.25) is 0 Å². The maximum atomic E-state index is 3.92. The van der Waals surface area contributed by atoms with Crippen molar-refractivity contribution in [2.24, 2.45) is 0 Å². The van der Waals surface area contributed by atoms with Crippen molar-refractivity contribution in [2.75, 3.05) is 0 Å². The van der Waals surface area contributed by atoms with Crippen LogP contribution in [0.3, 0.4) is 0 Å². The van der Waals surface area contributed by atoms with Gasteiger partial charge in [0.1, 0.15) is 0 Å². The third kappa shape index (κ3) is 7.99. The van der Waals surface area contributed by atoms with Crippen LogP contribution in [0.5, 0.6) is 0 Å². The van der Waals surface area contributed by atoms with E-state index in [1.165, 1.54) is 123 Å². The molecule has 0 N–H and O–H groups in total. The summed E-state index contributed by atoms with van der Waals surface area (Å²) >= 11 is 0. The van der Waals surface area contributed by atoms with Crippen molar-refractivity contribution in [3.8, 4) is 0 Å². The van der Waals surface area contributed by atoms with Gasteiger partial charge in [-0.2, -0.15) is 0 Å². The Hall–Kier alpha value is -1.82. The molecular weight excluding hydrogens is 372 g/mol. The molecule has 31 heavy (non-hydrogen) atoms. The standard InChI is InChI=1S/C31H43/c1-2-3-4-5-6-7-8-9-10-11-12-13-14-15-16-20-27-22-19-24-31-29-23-18-17-21-28(29)25-26-30(27)31/h17-19,21-26H,1-16,20H2. The Morgan fingerprint density at radius 3 is 1.61 bits per heavy atom. The second-order valence-corrected chi connectivity index (χ2v) is 9.35. The third-order valence-corrected chi connectivity index (χ3v) is 6.82. The molecule has 3 aromatic rings. The fourth-order valence-electron chi connectivity index (χ4n) is 4.94. The van der Waals surface area contributed by atoms with Gasteiger partial charge in [0.25, 0.3) is 0 Å². The van der Waals surface area contributed by atoms with Crippen LogP contribution in [0, 0.1) is 6.92 Å². The average molecular weight is 416 g/mol. The summed E-state index contributed by atoms with van der Waals surface area (Å²) in [5.74, 6) is 0.